The highest BCUT2D eigenvalue weighted by atomic mass is 32.2. The van der Waals surface area contributed by atoms with Gasteiger partial charge in [-0.1, -0.05) is 12.1 Å². The molecular weight excluding hydrogens is 298 g/mol. The lowest BCUT2D eigenvalue weighted by atomic mass is 10.1. The topological polar surface area (TPSA) is 75.7 Å². The van der Waals surface area contributed by atoms with Crippen LogP contribution in [0.4, 0.5) is 0 Å². The summed E-state index contributed by atoms with van der Waals surface area (Å²) in [7, 11) is 0. The largest absolute Gasteiger partial charge is 0.310 e. The van der Waals surface area contributed by atoms with Gasteiger partial charge in [0.2, 0.25) is 5.12 Å². The maximum Gasteiger partial charge on any atom is 0.259 e. The zero-order valence-electron chi connectivity index (χ0n) is 12.1. The van der Waals surface area contributed by atoms with Crippen LogP contribution in [0.3, 0.4) is 0 Å². The first-order valence-electron chi connectivity index (χ1n) is 6.69. The van der Waals surface area contributed by atoms with Crippen LogP contribution >= 0.6 is 11.8 Å². The Labute approximate surface area is 130 Å². The van der Waals surface area contributed by atoms with Gasteiger partial charge in [-0.2, -0.15) is 0 Å². The molecule has 3 rings (SSSR count). The van der Waals surface area contributed by atoms with Crippen LogP contribution in [0.15, 0.2) is 46.2 Å². The van der Waals surface area contributed by atoms with Crippen molar-refractivity contribution in [1.82, 2.24) is 15.0 Å². The molecule has 0 unspecified atom stereocenters. The van der Waals surface area contributed by atoms with Crippen LogP contribution in [0.5, 0.6) is 0 Å². The van der Waals surface area contributed by atoms with E-state index in [0.29, 0.717) is 27.3 Å². The van der Waals surface area contributed by atoms with E-state index in [2.05, 4.69) is 15.0 Å². The standard InChI is InChI=1S/C16H13N3O2S/c1-9-6-7-11-13(15(20)19-10(2)18-11)14(9)22-16(21)12-5-3-4-8-17-12/h3-8H,1-2H3,(H,18,19,20). The van der Waals surface area contributed by atoms with Crippen LogP contribution in [-0.2, 0) is 0 Å². The predicted molar refractivity (Wildman–Crippen MR) is 86.3 cm³/mol. The molecule has 6 heteroatoms. The number of hydrogen-bond acceptors (Lipinski definition) is 5. The molecule has 3 aromatic rings. The molecule has 0 saturated heterocycles. The number of carbonyl (C=O) groups is 1. The van der Waals surface area contributed by atoms with Crippen molar-refractivity contribution in [3.8, 4) is 0 Å². The Bertz CT molecular complexity index is 920. The summed E-state index contributed by atoms with van der Waals surface area (Å²) in [4.78, 5) is 36.3. The molecule has 0 aliphatic rings. The van der Waals surface area contributed by atoms with E-state index in [1.165, 1.54) is 0 Å². The first-order chi connectivity index (χ1) is 10.6. The van der Waals surface area contributed by atoms with E-state index in [9.17, 15) is 9.59 Å². The smallest absolute Gasteiger partial charge is 0.259 e. The molecule has 0 spiro atoms. The van der Waals surface area contributed by atoms with E-state index in [4.69, 9.17) is 0 Å². The summed E-state index contributed by atoms with van der Waals surface area (Å²) in [6.45, 7) is 3.60. The van der Waals surface area contributed by atoms with Crippen LogP contribution in [0, 0.1) is 13.8 Å². The van der Waals surface area contributed by atoms with Crippen LogP contribution in [-0.4, -0.2) is 20.1 Å². The van der Waals surface area contributed by atoms with Crippen LogP contribution in [0.2, 0.25) is 0 Å². The summed E-state index contributed by atoms with van der Waals surface area (Å²) in [5.74, 6) is 0.549. The van der Waals surface area contributed by atoms with E-state index >= 15 is 0 Å². The Hall–Kier alpha value is -2.47. The lowest BCUT2D eigenvalue weighted by molar-refractivity contribution is 0.108. The molecule has 2 heterocycles. The number of aromatic amines is 1. The number of thioether (sulfide) groups is 1. The highest BCUT2D eigenvalue weighted by Gasteiger charge is 2.16. The number of nitrogens with zero attached hydrogens (tertiary/aromatic N) is 2. The van der Waals surface area contributed by atoms with Crippen molar-refractivity contribution in [3.05, 3.63) is 64.0 Å². The molecule has 0 fully saturated rings. The highest BCUT2D eigenvalue weighted by Crippen LogP contribution is 2.30. The van der Waals surface area contributed by atoms with Crippen LogP contribution in [0.1, 0.15) is 21.9 Å². The monoisotopic (exact) mass is 311 g/mol. The Morgan fingerprint density at radius 2 is 2.00 bits per heavy atom. The third-order valence-electron chi connectivity index (χ3n) is 3.21. The summed E-state index contributed by atoms with van der Waals surface area (Å²) < 4.78 is 0. The molecule has 0 bridgehead atoms. The van der Waals surface area contributed by atoms with Crippen molar-refractivity contribution in [2.24, 2.45) is 0 Å². The van der Waals surface area contributed by atoms with Crippen molar-refractivity contribution >= 4 is 27.8 Å². The number of aromatic nitrogens is 3. The van der Waals surface area contributed by atoms with E-state index in [1.54, 1.807) is 37.4 Å². The third-order valence-corrected chi connectivity index (χ3v) is 4.34. The van der Waals surface area contributed by atoms with Gasteiger partial charge >= 0.3 is 0 Å². The summed E-state index contributed by atoms with van der Waals surface area (Å²) in [5.41, 5.74) is 1.57. The molecule has 110 valence electrons. The molecule has 0 aliphatic carbocycles. The van der Waals surface area contributed by atoms with Gasteiger partial charge in [0.25, 0.3) is 5.56 Å². The molecule has 2 aromatic heterocycles. The van der Waals surface area contributed by atoms with Gasteiger partial charge in [-0.05, 0) is 49.4 Å². The summed E-state index contributed by atoms with van der Waals surface area (Å²) in [5, 5.41) is 0.246. The van der Waals surface area contributed by atoms with Gasteiger partial charge in [-0.3, -0.25) is 14.6 Å². The van der Waals surface area contributed by atoms with Crippen LogP contribution in [0.25, 0.3) is 10.9 Å². The van der Waals surface area contributed by atoms with E-state index in [-0.39, 0.29) is 10.7 Å². The molecule has 5 nitrogen and oxygen atoms in total. The van der Waals surface area contributed by atoms with Crippen molar-refractivity contribution in [1.29, 1.82) is 0 Å². The molecule has 0 amide bonds. The number of hydrogen-bond donors (Lipinski definition) is 1. The third kappa shape index (κ3) is 2.65. The number of aryl methyl sites for hydroxylation is 2. The average Bonchev–Trinajstić information content (AvgIpc) is 2.50. The highest BCUT2D eigenvalue weighted by molar-refractivity contribution is 8.14. The molecule has 22 heavy (non-hydrogen) atoms. The number of pyridine rings is 1. The fraction of sp³-hybridized carbons (Fsp3) is 0.125. The number of nitrogens with one attached hydrogen (secondary N) is 1. The van der Waals surface area contributed by atoms with Gasteiger partial charge in [0.15, 0.2) is 0 Å². The predicted octanol–water partition coefficient (Wildman–Crippen LogP) is 2.87. The zero-order chi connectivity index (χ0) is 15.7. The van der Waals surface area contributed by atoms with E-state index in [0.717, 1.165) is 17.3 Å². The quantitative estimate of drug-likeness (QED) is 0.736. The van der Waals surface area contributed by atoms with Crippen molar-refractivity contribution in [2.45, 2.75) is 18.7 Å². The van der Waals surface area contributed by atoms with Gasteiger partial charge in [-0.15, -0.1) is 0 Å². The van der Waals surface area contributed by atoms with Gasteiger partial charge in [0.1, 0.15) is 11.5 Å². The van der Waals surface area contributed by atoms with Gasteiger partial charge < -0.3 is 4.98 Å². The lowest BCUT2D eigenvalue weighted by Gasteiger charge is -2.08. The molecule has 0 radical (unpaired) electrons. The van der Waals surface area contributed by atoms with Crippen molar-refractivity contribution < 1.29 is 4.79 Å². The second-order valence-corrected chi connectivity index (χ2v) is 5.84. The fourth-order valence-corrected chi connectivity index (χ4v) is 3.12. The second-order valence-electron chi connectivity index (χ2n) is 4.86. The number of carbonyl (C=O) groups excluding carboxylic acids is 1. The fourth-order valence-electron chi connectivity index (χ4n) is 2.18. The SMILES string of the molecule is Cc1nc2ccc(C)c(SC(=O)c3ccccn3)c2c(=O)[nH]1. The molecule has 1 N–H and O–H groups in total. The normalized spacial score (nSPS) is 10.8. The molecule has 0 saturated carbocycles. The average molecular weight is 311 g/mol. The molecule has 0 aliphatic heterocycles. The van der Waals surface area contributed by atoms with Gasteiger partial charge in [0, 0.05) is 11.1 Å². The lowest BCUT2D eigenvalue weighted by Crippen LogP contribution is -2.11. The number of rotatable bonds is 2. The zero-order valence-corrected chi connectivity index (χ0v) is 12.9. The second kappa shape index (κ2) is 5.73. The van der Waals surface area contributed by atoms with E-state index in [1.807, 2.05) is 13.0 Å². The Balaban J connectivity index is 2.13. The van der Waals surface area contributed by atoms with Gasteiger partial charge in [-0.25, -0.2) is 4.98 Å². The number of fused-ring (bicyclic) bond motifs is 1. The summed E-state index contributed by atoms with van der Waals surface area (Å²) >= 11 is 1.01. The summed E-state index contributed by atoms with van der Waals surface area (Å²) in [6, 6.07) is 8.82. The van der Waals surface area contributed by atoms with Gasteiger partial charge in [0.05, 0.1) is 10.9 Å². The number of H-pyrrole nitrogens is 1. The molecular formula is C16H13N3O2S. The Morgan fingerprint density at radius 3 is 2.73 bits per heavy atom. The molecule has 0 atom stereocenters. The minimum atomic E-state index is -0.234. The Kier molecular flexibility index (Phi) is 3.77. The van der Waals surface area contributed by atoms with Crippen molar-refractivity contribution in [2.75, 3.05) is 0 Å². The van der Waals surface area contributed by atoms with Crippen LogP contribution < -0.4 is 5.56 Å². The maximum atomic E-state index is 12.4. The minimum Gasteiger partial charge on any atom is -0.310 e. The van der Waals surface area contributed by atoms with E-state index < -0.39 is 0 Å². The first kappa shape index (κ1) is 14.5. The summed E-state index contributed by atoms with van der Waals surface area (Å²) in [6.07, 6.45) is 1.57. The number of benzene rings is 1. The minimum absolute atomic E-state index is 0.198. The van der Waals surface area contributed by atoms with Crippen molar-refractivity contribution in [3.63, 3.8) is 0 Å². The first-order valence-corrected chi connectivity index (χ1v) is 7.51. The Morgan fingerprint density at radius 1 is 1.18 bits per heavy atom. The maximum absolute atomic E-state index is 12.4. The molecule has 1 aromatic carbocycles.